The van der Waals surface area contributed by atoms with E-state index in [-0.39, 0.29) is 6.10 Å². The molecule has 0 aliphatic heterocycles. The van der Waals surface area contributed by atoms with Crippen molar-refractivity contribution >= 4 is 5.69 Å². The molecule has 2 N–H and O–H groups in total. The van der Waals surface area contributed by atoms with Gasteiger partial charge in [0.15, 0.2) is 0 Å². The Labute approximate surface area is 122 Å². The van der Waals surface area contributed by atoms with Crippen LogP contribution in [0.1, 0.15) is 27.7 Å². The normalized spacial score (nSPS) is 12.8. The lowest BCUT2D eigenvalue weighted by atomic mass is 10.3. The molecule has 0 aliphatic rings. The van der Waals surface area contributed by atoms with Crippen LogP contribution < -0.4 is 10.1 Å². The van der Waals surface area contributed by atoms with E-state index in [9.17, 15) is 5.11 Å². The van der Waals surface area contributed by atoms with Crippen LogP contribution in [0, 0.1) is 0 Å². The van der Waals surface area contributed by atoms with Crippen LogP contribution in [0.25, 0.3) is 0 Å². The molecule has 0 fully saturated rings. The van der Waals surface area contributed by atoms with Gasteiger partial charge in [0, 0.05) is 19.3 Å². The van der Waals surface area contributed by atoms with Crippen molar-refractivity contribution in [3.63, 3.8) is 0 Å². The average Bonchev–Trinajstić information content (AvgIpc) is 2.43. The molecule has 1 rings (SSSR count). The first-order valence-corrected chi connectivity index (χ1v) is 7.32. The number of aliphatic hydroxyl groups is 1. The highest BCUT2D eigenvalue weighted by Gasteiger charge is 2.11. The van der Waals surface area contributed by atoms with Crippen molar-refractivity contribution in [1.82, 2.24) is 9.88 Å². The number of aliphatic hydroxyl groups excluding tert-OH is 1. The highest BCUT2D eigenvalue weighted by Crippen LogP contribution is 2.21. The van der Waals surface area contributed by atoms with Crippen molar-refractivity contribution in [3.8, 4) is 5.88 Å². The number of anilines is 1. The van der Waals surface area contributed by atoms with E-state index in [4.69, 9.17) is 4.74 Å². The second-order valence-electron chi connectivity index (χ2n) is 5.04. The van der Waals surface area contributed by atoms with Crippen molar-refractivity contribution in [3.05, 3.63) is 18.3 Å². The van der Waals surface area contributed by atoms with Gasteiger partial charge in [-0.1, -0.05) is 13.8 Å². The van der Waals surface area contributed by atoms with Gasteiger partial charge in [-0.05, 0) is 39.1 Å². The molecule has 114 valence electrons. The van der Waals surface area contributed by atoms with E-state index in [0.29, 0.717) is 19.0 Å². The summed E-state index contributed by atoms with van der Waals surface area (Å²) in [6.45, 7) is 11.2. The first-order chi connectivity index (χ1) is 9.56. The lowest BCUT2D eigenvalue weighted by Gasteiger charge is -2.22. The van der Waals surface area contributed by atoms with Gasteiger partial charge in [0.2, 0.25) is 5.88 Å². The standard InChI is InChI=1S/C15H27N3O2/c1-5-18(6-2)11-13(19)10-17-14-8-7-9-16-15(14)20-12(3)4/h7-9,12-13,17,19H,5-6,10-11H2,1-4H3. The molecule has 1 heterocycles. The maximum Gasteiger partial charge on any atom is 0.237 e. The van der Waals surface area contributed by atoms with Gasteiger partial charge in [0.05, 0.1) is 17.9 Å². The largest absolute Gasteiger partial charge is 0.473 e. The third-order valence-electron chi connectivity index (χ3n) is 3.01. The molecular weight excluding hydrogens is 254 g/mol. The molecule has 1 unspecified atom stereocenters. The van der Waals surface area contributed by atoms with E-state index in [1.807, 2.05) is 26.0 Å². The smallest absolute Gasteiger partial charge is 0.237 e. The lowest BCUT2D eigenvalue weighted by molar-refractivity contribution is 0.128. The number of likely N-dealkylation sites (N-methyl/N-ethyl adjacent to an activating group) is 1. The lowest BCUT2D eigenvalue weighted by Crippen LogP contribution is -2.36. The monoisotopic (exact) mass is 281 g/mol. The van der Waals surface area contributed by atoms with Crippen LogP contribution in [-0.4, -0.2) is 53.4 Å². The molecule has 1 atom stereocenters. The van der Waals surface area contributed by atoms with Crippen LogP contribution in [0.4, 0.5) is 5.69 Å². The Bertz CT molecular complexity index is 381. The fourth-order valence-corrected chi connectivity index (χ4v) is 1.91. The van der Waals surface area contributed by atoms with Crippen LogP contribution in [0.5, 0.6) is 5.88 Å². The number of hydrogen-bond donors (Lipinski definition) is 2. The summed E-state index contributed by atoms with van der Waals surface area (Å²) in [5.74, 6) is 0.581. The quantitative estimate of drug-likeness (QED) is 0.725. The minimum atomic E-state index is -0.415. The molecular formula is C15H27N3O2. The van der Waals surface area contributed by atoms with Gasteiger partial charge in [0.25, 0.3) is 0 Å². The molecule has 5 heteroatoms. The van der Waals surface area contributed by atoms with E-state index in [2.05, 4.69) is 29.0 Å². The summed E-state index contributed by atoms with van der Waals surface area (Å²) in [5, 5.41) is 13.3. The summed E-state index contributed by atoms with van der Waals surface area (Å²) in [5.41, 5.74) is 0.819. The molecule has 0 amide bonds. The fourth-order valence-electron chi connectivity index (χ4n) is 1.91. The van der Waals surface area contributed by atoms with Crippen LogP contribution >= 0.6 is 0 Å². The molecule has 5 nitrogen and oxygen atoms in total. The molecule has 0 saturated carbocycles. The zero-order valence-electron chi connectivity index (χ0n) is 13.0. The molecule has 0 aliphatic carbocycles. The Morgan fingerprint density at radius 1 is 1.35 bits per heavy atom. The summed E-state index contributed by atoms with van der Waals surface area (Å²) in [6, 6.07) is 3.77. The van der Waals surface area contributed by atoms with Crippen LogP contribution in [0.2, 0.25) is 0 Å². The SMILES string of the molecule is CCN(CC)CC(O)CNc1cccnc1OC(C)C. The van der Waals surface area contributed by atoms with Crippen molar-refractivity contribution in [2.75, 3.05) is 31.5 Å². The first kappa shape index (κ1) is 16.7. The number of pyridine rings is 1. The van der Waals surface area contributed by atoms with Crippen molar-refractivity contribution < 1.29 is 9.84 Å². The predicted octanol–water partition coefficient (Wildman–Crippen LogP) is 1.98. The Morgan fingerprint density at radius 3 is 2.65 bits per heavy atom. The number of nitrogens with one attached hydrogen (secondary N) is 1. The van der Waals surface area contributed by atoms with Crippen molar-refractivity contribution in [1.29, 1.82) is 0 Å². The Kier molecular flexibility index (Phi) is 7.33. The summed E-state index contributed by atoms with van der Waals surface area (Å²) in [7, 11) is 0. The minimum absolute atomic E-state index is 0.0750. The van der Waals surface area contributed by atoms with E-state index < -0.39 is 6.10 Å². The zero-order chi connectivity index (χ0) is 15.0. The fraction of sp³-hybridized carbons (Fsp3) is 0.667. The van der Waals surface area contributed by atoms with Gasteiger partial charge in [0.1, 0.15) is 0 Å². The maximum atomic E-state index is 10.1. The second-order valence-corrected chi connectivity index (χ2v) is 5.04. The van der Waals surface area contributed by atoms with Crippen LogP contribution in [-0.2, 0) is 0 Å². The number of rotatable bonds is 9. The Hall–Kier alpha value is -1.33. The third kappa shape index (κ3) is 5.75. The second kappa shape index (κ2) is 8.76. The van der Waals surface area contributed by atoms with Gasteiger partial charge in [-0.15, -0.1) is 0 Å². The van der Waals surface area contributed by atoms with E-state index in [1.54, 1.807) is 6.20 Å². The van der Waals surface area contributed by atoms with E-state index in [0.717, 1.165) is 18.8 Å². The zero-order valence-corrected chi connectivity index (χ0v) is 13.0. The van der Waals surface area contributed by atoms with Crippen LogP contribution in [0.15, 0.2) is 18.3 Å². The molecule has 20 heavy (non-hydrogen) atoms. The summed E-state index contributed by atoms with van der Waals surface area (Å²) >= 11 is 0. The van der Waals surface area contributed by atoms with Gasteiger partial charge < -0.3 is 20.1 Å². The van der Waals surface area contributed by atoms with E-state index >= 15 is 0 Å². The molecule has 1 aromatic heterocycles. The Balaban J connectivity index is 2.52. The summed E-state index contributed by atoms with van der Waals surface area (Å²) in [4.78, 5) is 6.41. The van der Waals surface area contributed by atoms with Crippen molar-refractivity contribution in [2.24, 2.45) is 0 Å². The third-order valence-corrected chi connectivity index (χ3v) is 3.01. The van der Waals surface area contributed by atoms with Crippen molar-refractivity contribution in [2.45, 2.75) is 39.9 Å². The summed E-state index contributed by atoms with van der Waals surface area (Å²) in [6.07, 6.45) is 1.36. The molecule has 0 saturated heterocycles. The first-order valence-electron chi connectivity index (χ1n) is 7.32. The minimum Gasteiger partial charge on any atom is -0.473 e. The maximum absolute atomic E-state index is 10.1. The van der Waals surface area contributed by atoms with Crippen LogP contribution in [0.3, 0.4) is 0 Å². The van der Waals surface area contributed by atoms with Gasteiger partial charge in [-0.2, -0.15) is 0 Å². The highest BCUT2D eigenvalue weighted by molar-refractivity contribution is 5.52. The molecule has 0 bridgehead atoms. The van der Waals surface area contributed by atoms with Gasteiger partial charge in [-0.25, -0.2) is 4.98 Å². The predicted molar refractivity (Wildman–Crippen MR) is 82.3 cm³/mol. The summed E-state index contributed by atoms with van der Waals surface area (Å²) < 4.78 is 5.64. The molecule has 1 aromatic rings. The number of nitrogens with zero attached hydrogens (tertiary/aromatic N) is 2. The molecule has 0 spiro atoms. The number of ether oxygens (including phenoxy) is 1. The highest BCUT2D eigenvalue weighted by atomic mass is 16.5. The average molecular weight is 281 g/mol. The van der Waals surface area contributed by atoms with Gasteiger partial charge in [-0.3, -0.25) is 0 Å². The van der Waals surface area contributed by atoms with E-state index in [1.165, 1.54) is 0 Å². The molecule has 0 aromatic carbocycles. The number of hydrogen-bond acceptors (Lipinski definition) is 5. The molecule has 0 radical (unpaired) electrons. The number of aromatic nitrogens is 1. The topological polar surface area (TPSA) is 57.6 Å². The van der Waals surface area contributed by atoms with Gasteiger partial charge >= 0.3 is 0 Å². The Morgan fingerprint density at radius 2 is 2.05 bits per heavy atom.